The first kappa shape index (κ1) is 18.8. The van der Waals surface area contributed by atoms with Gasteiger partial charge in [0.15, 0.2) is 0 Å². The molecule has 4 heterocycles. The predicted octanol–water partition coefficient (Wildman–Crippen LogP) is 2.25. The molecule has 8 heteroatoms. The fourth-order valence-electron chi connectivity index (χ4n) is 4.74. The van der Waals surface area contributed by atoms with Crippen molar-refractivity contribution in [2.24, 2.45) is 5.90 Å². The van der Waals surface area contributed by atoms with Crippen LogP contribution in [0.5, 0.6) is 5.75 Å². The number of carbonyl (C=O) groups is 1. The van der Waals surface area contributed by atoms with Crippen molar-refractivity contribution in [3.05, 3.63) is 56.9 Å². The monoisotopic (exact) mass is 407 g/mol. The Morgan fingerprint density at radius 2 is 2.07 bits per heavy atom. The van der Waals surface area contributed by atoms with Crippen LogP contribution in [0.1, 0.15) is 42.5 Å². The van der Waals surface area contributed by atoms with E-state index in [1.54, 1.807) is 35.8 Å². The van der Waals surface area contributed by atoms with Gasteiger partial charge in [-0.3, -0.25) is 9.63 Å². The van der Waals surface area contributed by atoms with Gasteiger partial charge in [-0.15, -0.1) is 0 Å². The molecule has 0 radical (unpaired) electrons. The number of nitrogens with two attached hydrogens (primary N) is 1. The summed E-state index contributed by atoms with van der Waals surface area (Å²) in [5.74, 6) is 5.10. The SMILES string of the molecule is CCc1c2c(nc3ccc(O)cc13)-c1cc3c(c(=O)n1C2)COC(=O)[C@@]3(CC)ON. The van der Waals surface area contributed by atoms with E-state index in [1.165, 1.54) is 0 Å². The fourth-order valence-corrected chi connectivity index (χ4v) is 4.74. The number of phenols is 1. The van der Waals surface area contributed by atoms with Crippen LogP contribution >= 0.6 is 0 Å². The minimum atomic E-state index is -1.51. The number of aromatic nitrogens is 2. The van der Waals surface area contributed by atoms with Crippen LogP contribution < -0.4 is 11.5 Å². The van der Waals surface area contributed by atoms with E-state index in [9.17, 15) is 14.7 Å². The zero-order valence-corrected chi connectivity index (χ0v) is 16.7. The van der Waals surface area contributed by atoms with Crippen molar-refractivity contribution in [1.82, 2.24) is 9.55 Å². The highest BCUT2D eigenvalue weighted by Crippen LogP contribution is 2.41. The summed E-state index contributed by atoms with van der Waals surface area (Å²) < 4.78 is 6.90. The van der Waals surface area contributed by atoms with Gasteiger partial charge in [0.2, 0.25) is 5.60 Å². The van der Waals surface area contributed by atoms with E-state index in [0.717, 1.165) is 28.5 Å². The molecule has 2 aliphatic rings. The second-order valence-electron chi connectivity index (χ2n) is 7.66. The Balaban J connectivity index is 1.84. The minimum absolute atomic E-state index is 0.112. The highest BCUT2D eigenvalue weighted by molar-refractivity contribution is 5.89. The van der Waals surface area contributed by atoms with Gasteiger partial charge in [0.1, 0.15) is 12.4 Å². The first-order chi connectivity index (χ1) is 14.4. The molecule has 1 aromatic carbocycles. The molecule has 0 bridgehead atoms. The van der Waals surface area contributed by atoms with Gasteiger partial charge in [-0.1, -0.05) is 13.8 Å². The Morgan fingerprint density at radius 1 is 1.27 bits per heavy atom. The number of hydrogen-bond donors (Lipinski definition) is 2. The summed E-state index contributed by atoms with van der Waals surface area (Å²) >= 11 is 0. The molecular weight excluding hydrogens is 386 g/mol. The van der Waals surface area contributed by atoms with Crippen molar-refractivity contribution in [3.63, 3.8) is 0 Å². The highest BCUT2D eigenvalue weighted by Gasteiger charge is 2.48. The van der Waals surface area contributed by atoms with Gasteiger partial charge < -0.3 is 14.4 Å². The molecule has 8 nitrogen and oxygen atoms in total. The normalized spacial score (nSPS) is 19.4. The standard InChI is InChI=1S/C22H21N3O5/c1-3-12-13-7-11(26)5-6-17(13)24-19-14(12)9-25-18(19)8-16-15(20(25)27)10-29-21(28)22(16,4-2)30-23/h5-8,26H,3-4,9-10,23H2,1-2H3/t22-/m0/s1. The van der Waals surface area contributed by atoms with E-state index in [0.29, 0.717) is 29.1 Å². The quantitative estimate of drug-likeness (QED) is 0.395. The third-order valence-electron chi connectivity index (χ3n) is 6.31. The first-order valence-electron chi connectivity index (χ1n) is 9.92. The van der Waals surface area contributed by atoms with Crippen LogP contribution in [0.3, 0.4) is 0 Å². The number of carbonyl (C=O) groups excluding carboxylic acids is 1. The van der Waals surface area contributed by atoms with Crippen LogP contribution in [0.15, 0.2) is 29.1 Å². The second kappa shape index (κ2) is 6.38. The molecule has 2 aromatic heterocycles. The number of aromatic hydroxyl groups is 1. The number of aryl methyl sites for hydroxylation is 1. The summed E-state index contributed by atoms with van der Waals surface area (Å²) in [6, 6.07) is 6.85. The Bertz CT molecular complexity index is 1290. The summed E-state index contributed by atoms with van der Waals surface area (Å²) in [7, 11) is 0. The topological polar surface area (TPSA) is 117 Å². The summed E-state index contributed by atoms with van der Waals surface area (Å²) in [5.41, 5.74) is 3.11. The number of nitrogens with zero attached hydrogens (tertiary/aromatic N) is 2. The van der Waals surface area contributed by atoms with Crippen molar-refractivity contribution >= 4 is 16.9 Å². The van der Waals surface area contributed by atoms with Crippen LogP contribution in [0, 0.1) is 0 Å². The smallest absolute Gasteiger partial charge is 0.345 e. The minimum Gasteiger partial charge on any atom is -0.508 e. The van der Waals surface area contributed by atoms with Crippen molar-refractivity contribution < 1.29 is 19.5 Å². The Hall–Kier alpha value is -3.23. The van der Waals surface area contributed by atoms with E-state index >= 15 is 0 Å². The van der Waals surface area contributed by atoms with Crippen LogP contribution in [0.25, 0.3) is 22.3 Å². The fraction of sp³-hybridized carbons (Fsp3) is 0.318. The van der Waals surface area contributed by atoms with Crippen LogP contribution in [0.2, 0.25) is 0 Å². The number of benzene rings is 1. The van der Waals surface area contributed by atoms with E-state index in [-0.39, 0.29) is 24.3 Å². The van der Waals surface area contributed by atoms with Crippen molar-refractivity contribution in [2.45, 2.75) is 45.4 Å². The van der Waals surface area contributed by atoms with Gasteiger partial charge in [-0.2, -0.15) is 0 Å². The van der Waals surface area contributed by atoms with Gasteiger partial charge in [-0.05, 0) is 42.7 Å². The molecule has 0 spiro atoms. The lowest BCUT2D eigenvalue weighted by molar-refractivity contribution is -0.182. The summed E-state index contributed by atoms with van der Waals surface area (Å²) in [6.07, 6.45) is 0.954. The molecule has 3 N–H and O–H groups in total. The van der Waals surface area contributed by atoms with Gasteiger partial charge in [0.25, 0.3) is 5.56 Å². The lowest BCUT2D eigenvalue weighted by Gasteiger charge is -2.34. The molecule has 154 valence electrons. The molecule has 0 amide bonds. The maximum absolute atomic E-state index is 13.4. The van der Waals surface area contributed by atoms with Crippen LogP contribution in [0.4, 0.5) is 0 Å². The number of fused-ring (bicyclic) bond motifs is 5. The summed E-state index contributed by atoms with van der Waals surface area (Å²) in [6.45, 7) is 4.05. The maximum Gasteiger partial charge on any atom is 0.345 e. The Morgan fingerprint density at radius 3 is 2.77 bits per heavy atom. The van der Waals surface area contributed by atoms with E-state index in [1.807, 2.05) is 6.92 Å². The van der Waals surface area contributed by atoms with Gasteiger partial charge in [-0.25, -0.2) is 15.7 Å². The number of hydrogen-bond acceptors (Lipinski definition) is 7. The molecule has 0 saturated heterocycles. The van der Waals surface area contributed by atoms with E-state index in [2.05, 4.69) is 0 Å². The van der Waals surface area contributed by atoms with Gasteiger partial charge in [0, 0.05) is 16.5 Å². The molecule has 0 unspecified atom stereocenters. The van der Waals surface area contributed by atoms with E-state index in [4.69, 9.17) is 20.5 Å². The van der Waals surface area contributed by atoms with Crippen molar-refractivity contribution in [2.75, 3.05) is 0 Å². The maximum atomic E-state index is 13.4. The average Bonchev–Trinajstić information content (AvgIpc) is 3.11. The number of cyclic esters (lactones) is 1. The molecule has 2 aliphatic heterocycles. The molecule has 0 saturated carbocycles. The predicted molar refractivity (Wildman–Crippen MR) is 109 cm³/mol. The summed E-state index contributed by atoms with van der Waals surface area (Å²) in [5, 5.41) is 10.8. The third kappa shape index (κ3) is 2.26. The van der Waals surface area contributed by atoms with Crippen LogP contribution in [-0.2, 0) is 39.5 Å². The number of phenolic OH excluding ortho intramolecular Hbond substituents is 1. The molecule has 0 fully saturated rings. The molecule has 5 rings (SSSR count). The third-order valence-corrected chi connectivity index (χ3v) is 6.31. The first-order valence-corrected chi connectivity index (χ1v) is 9.92. The average molecular weight is 407 g/mol. The molecule has 30 heavy (non-hydrogen) atoms. The lowest BCUT2D eigenvalue weighted by atomic mass is 9.85. The zero-order chi connectivity index (χ0) is 21.2. The van der Waals surface area contributed by atoms with Gasteiger partial charge >= 0.3 is 5.97 Å². The second-order valence-corrected chi connectivity index (χ2v) is 7.66. The number of rotatable bonds is 3. The number of esters is 1. The van der Waals surface area contributed by atoms with Crippen molar-refractivity contribution in [1.29, 1.82) is 0 Å². The molecule has 0 aliphatic carbocycles. The number of pyridine rings is 2. The molecule has 3 aromatic rings. The van der Waals surface area contributed by atoms with Crippen molar-refractivity contribution in [3.8, 4) is 17.1 Å². The van der Waals surface area contributed by atoms with Crippen LogP contribution in [-0.4, -0.2) is 20.6 Å². The number of ether oxygens (including phenoxy) is 1. The Labute approximate surface area is 171 Å². The Kier molecular flexibility index (Phi) is 4.00. The van der Waals surface area contributed by atoms with E-state index < -0.39 is 11.6 Å². The van der Waals surface area contributed by atoms with Gasteiger partial charge in [0.05, 0.1) is 29.0 Å². The largest absolute Gasteiger partial charge is 0.508 e. The highest BCUT2D eigenvalue weighted by atomic mass is 16.7. The molecular formula is C22H21N3O5. The summed E-state index contributed by atoms with van der Waals surface area (Å²) in [4.78, 5) is 35.8. The zero-order valence-electron chi connectivity index (χ0n) is 16.7. The lowest BCUT2D eigenvalue weighted by Crippen LogP contribution is -2.47. The molecule has 1 atom stereocenters.